The Morgan fingerprint density at radius 2 is 1.61 bits per heavy atom. The molecule has 7 rings (SSSR count). The number of hydrogen-bond acceptors (Lipinski definition) is 9. The number of benzene rings is 3. The Labute approximate surface area is 369 Å². The second-order valence-corrected chi connectivity index (χ2v) is 19.6. The Morgan fingerprint density at radius 3 is 2.32 bits per heavy atom. The van der Waals surface area contributed by atoms with Crippen LogP contribution in [0.3, 0.4) is 0 Å². The number of hydroxylamine groups is 2. The van der Waals surface area contributed by atoms with Gasteiger partial charge in [0.1, 0.15) is 6.54 Å². The first-order valence-electron chi connectivity index (χ1n) is 21.2. The molecule has 4 heterocycles. The number of hydrogen-bond donors (Lipinski definition) is 1. The van der Waals surface area contributed by atoms with Gasteiger partial charge in [0.15, 0.2) is 5.71 Å². The molecule has 62 heavy (non-hydrogen) atoms. The van der Waals surface area contributed by atoms with E-state index in [9.17, 15) is 27.4 Å². The van der Waals surface area contributed by atoms with E-state index in [0.29, 0.717) is 18.0 Å². The summed E-state index contributed by atoms with van der Waals surface area (Å²) in [5.74, 6) is -1.86. The van der Waals surface area contributed by atoms with E-state index in [-0.39, 0.29) is 36.9 Å². The minimum Gasteiger partial charge on any atom is -0.345 e. The molecule has 0 bridgehead atoms. The Balaban J connectivity index is 1.11. The first-order valence-corrected chi connectivity index (χ1v) is 23.7. The maximum atomic E-state index is 12.4. The van der Waals surface area contributed by atoms with Crippen LogP contribution < -0.4 is 9.80 Å². The van der Waals surface area contributed by atoms with Gasteiger partial charge in [0, 0.05) is 90.0 Å². The van der Waals surface area contributed by atoms with Gasteiger partial charge in [-0.1, -0.05) is 68.8 Å². The van der Waals surface area contributed by atoms with E-state index >= 15 is 0 Å². The molecule has 0 spiro atoms. The molecule has 1 N–H and O–H groups in total. The van der Waals surface area contributed by atoms with Gasteiger partial charge in [0.05, 0.1) is 11.2 Å². The first-order chi connectivity index (χ1) is 29.6. The number of fused-ring (bicyclic) bond motifs is 2. The molecule has 0 atom stereocenters. The summed E-state index contributed by atoms with van der Waals surface area (Å²) >= 11 is 1.72. The van der Waals surface area contributed by atoms with Crippen molar-refractivity contribution in [1.82, 2.24) is 5.06 Å². The molecule has 0 aliphatic carbocycles. The van der Waals surface area contributed by atoms with Gasteiger partial charge in [-0.25, -0.2) is 4.79 Å². The standard InChI is InChI=1S/C49H54N4O7S2/c1-48(2)38-33-35(42-19-15-31-61-42)23-25-40(38)51(29-14-8-13-22-47(56)60-53-45(54)27-28-46(53)55)43(48)20-11-7-12-21-44-49(3,4)39-34-37(50(5)36-17-9-6-10-18-36)24-26-41(39)52(44)30-16-32-62(57,58)59/h6-7,9-12,15,17-21,23-26,31,33-34H,8,13-14,16,22,27-30,32H2,1-5H3/p+1. The molecule has 11 nitrogen and oxygen atoms in total. The van der Waals surface area contributed by atoms with E-state index in [0.717, 1.165) is 59.1 Å². The first kappa shape index (κ1) is 44.4. The molecule has 1 saturated heterocycles. The van der Waals surface area contributed by atoms with E-state index in [1.807, 2.05) is 37.4 Å². The van der Waals surface area contributed by atoms with Gasteiger partial charge in [-0.3, -0.25) is 14.1 Å². The topological polar surface area (TPSA) is 128 Å². The zero-order valence-electron chi connectivity index (χ0n) is 36.0. The van der Waals surface area contributed by atoms with Crippen LogP contribution in [0.5, 0.6) is 0 Å². The summed E-state index contributed by atoms with van der Waals surface area (Å²) in [6.07, 6.45) is 13.0. The lowest BCUT2D eigenvalue weighted by atomic mass is 9.81. The summed E-state index contributed by atoms with van der Waals surface area (Å²) in [5, 5.41) is 2.69. The third-order valence-electron chi connectivity index (χ3n) is 12.1. The van der Waals surface area contributed by atoms with Gasteiger partial charge < -0.3 is 14.6 Å². The fraction of sp³-hybridized carbons (Fsp3) is 0.347. The van der Waals surface area contributed by atoms with Crippen LogP contribution in [0.15, 0.2) is 120 Å². The quantitative estimate of drug-likeness (QED) is 0.0363. The monoisotopic (exact) mass is 875 g/mol. The van der Waals surface area contributed by atoms with Crippen LogP contribution in [0.25, 0.3) is 10.4 Å². The average molecular weight is 876 g/mol. The Morgan fingerprint density at radius 1 is 0.855 bits per heavy atom. The molecular weight excluding hydrogens is 821 g/mol. The second kappa shape index (κ2) is 18.4. The molecule has 3 aromatic carbocycles. The van der Waals surface area contributed by atoms with E-state index < -0.39 is 33.3 Å². The van der Waals surface area contributed by atoms with Crippen molar-refractivity contribution in [2.45, 2.75) is 83.5 Å². The Bertz CT molecular complexity index is 2560. The molecule has 0 saturated carbocycles. The largest absolute Gasteiger partial charge is 0.345 e. The lowest BCUT2D eigenvalue weighted by Gasteiger charge is -2.27. The van der Waals surface area contributed by atoms with Crippen molar-refractivity contribution >= 4 is 67.7 Å². The molecule has 1 fully saturated rings. The molecule has 0 radical (unpaired) electrons. The van der Waals surface area contributed by atoms with Crippen LogP contribution in [-0.2, 0) is 40.2 Å². The van der Waals surface area contributed by atoms with Crippen molar-refractivity contribution in [3.8, 4) is 10.4 Å². The van der Waals surface area contributed by atoms with Crippen LogP contribution in [0.2, 0.25) is 0 Å². The molecule has 4 aromatic rings. The van der Waals surface area contributed by atoms with Crippen LogP contribution in [0.4, 0.5) is 22.7 Å². The highest BCUT2D eigenvalue weighted by Crippen LogP contribution is 2.49. The number of allylic oxidation sites excluding steroid dienone is 6. The molecular formula is C49H55N4O7S2+. The van der Waals surface area contributed by atoms with Gasteiger partial charge in [0.25, 0.3) is 21.9 Å². The van der Waals surface area contributed by atoms with Crippen molar-refractivity contribution in [2.24, 2.45) is 0 Å². The highest BCUT2D eigenvalue weighted by molar-refractivity contribution is 7.85. The van der Waals surface area contributed by atoms with Crippen molar-refractivity contribution in [2.75, 3.05) is 35.7 Å². The summed E-state index contributed by atoms with van der Waals surface area (Å²) in [4.78, 5) is 47.0. The minimum atomic E-state index is -4.11. The van der Waals surface area contributed by atoms with Crippen LogP contribution in [-0.4, -0.2) is 72.0 Å². The summed E-state index contributed by atoms with van der Waals surface area (Å²) in [5.41, 5.74) is 9.27. The van der Waals surface area contributed by atoms with E-state index in [1.54, 1.807) is 11.3 Å². The summed E-state index contributed by atoms with van der Waals surface area (Å²) in [7, 11) is -2.06. The Hall–Kier alpha value is -5.63. The van der Waals surface area contributed by atoms with Gasteiger partial charge in [-0.15, -0.1) is 16.4 Å². The number of unbranched alkanes of at least 4 members (excludes halogenated alkanes) is 2. The molecule has 0 unspecified atom stereocenters. The van der Waals surface area contributed by atoms with Crippen molar-refractivity contribution in [3.63, 3.8) is 0 Å². The van der Waals surface area contributed by atoms with Gasteiger partial charge in [-0.05, 0) is 91.7 Å². The summed E-state index contributed by atoms with van der Waals surface area (Å²) in [6, 6.07) is 27.5. The van der Waals surface area contributed by atoms with Gasteiger partial charge in [0.2, 0.25) is 5.69 Å². The zero-order valence-corrected chi connectivity index (χ0v) is 37.7. The van der Waals surface area contributed by atoms with Crippen LogP contribution in [0.1, 0.15) is 83.8 Å². The zero-order chi connectivity index (χ0) is 44.2. The predicted molar refractivity (Wildman–Crippen MR) is 247 cm³/mol. The van der Waals surface area contributed by atoms with Crippen LogP contribution in [0, 0.1) is 0 Å². The molecule has 3 aliphatic heterocycles. The number of carbonyl (C=O) groups excluding carboxylic acids is 3. The fourth-order valence-electron chi connectivity index (χ4n) is 8.71. The van der Waals surface area contributed by atoms with Crippen LogP contribution >= 0.6 is 11.3 Å². The number of nitrogens with zero attached hydrogens (tertiary/aromatic N) is 4. The summed E-state index contributed by atoms with van der Waals surface area (Å²) in [6.45, 7) is 10.0. The number of para-hydroxylation sites is 1. The van der Waals surface area contributed by atoms with E-state index in [1.165, 1.54) is 16.0 Å². The fourth-order valence-corrected chi connectivity index (χ4v) is 9.93. The SMILES string of the molecule is CN(c1ccccc1)c1ccc2c(c1)C(C)(C)C(/C=C/C=C/C=C1/N(CCCCCC(=O)ON3C(=O)CCC3=O)c3ccc(-c4cccs4)cc3C1(C)C)=[N+]2CCCS(=O)(=O)O. The molecule has 324 valence electrons. The maximum Gasteiger partial charge on any atom is 0.333 e. The molecule has 2 amide bonds. The van der Waals surface area contributed by atoms with Gasteiger partial charge >= 0.3 is 5.97 Å². The van der Waals surface area contributed by atoms with E-state index in [2.05, 4.69) is 126 Å². The number of anilines is 3. The molecule has 1 aromatic heterocycles. The maximum absolute atomic E-state index is 12.4. The average Bonchev–Trinajstić information content (AvgIpc) is 3.98. The number of thiophene rings is 1. The normalized spacial score (nSPS) is 17.5. The summed E-state index contributed by atoms with van der Waals surface area (Å²) < 4.78 is 35.1. The number of carbonyl (C=O) groups is 3. The highest BCUT2D eigenvalue weighted by Gasteiger charge is 2.45. The molecule has 13 heteroatoms. The van der Waals surface area contributed by atoms with E-state index in [4.69, 9.17) is 4.84 Å². The van der Waals surface area contributed by atoms with Crippen molar-refractivity contribution in [1.29, 1.82) is 0 Å². The lowest BCUT2D eigenvalue weighted by molar-refractivity contribution is -0.437. The Kier molecular flexibility index (Phi) is 13.2. The molecule has 3 aliphatic rings. The number of amides is 2. The van der Waals surface area contributed by atoms with Crippen molar-refractivity contribution < 1.29 is 36.8 Å². The third-order valence-corrected chi connectivity index (χ3v) is 13.8. The second-order valence-electron chi connectivity index (χ2n) is 17.0. The van der Waals surface area contributed by atoms with Gasteiger partial charge in [-0.2, -0.15) is 13.0 Å². The third kappa shape index (κ3) is 9.55. The predicted octanol–water partition coefficient (Wildman–Crippen LogP) is 9.80. The number of rotatable bonds is 17. The van der Waals surface area contributed by atoms with Crippen molar-refractivity contribution in [3.05, 3.63) is 131 Å². The lowest BCUT2D eigenvalue weighted by Crippen LogP contribution is -2.32. The number of imide groups is 1. The minimum absolute atomic E-state index is 0.0672. The highest BCUT2D eigenvalue weighted by atomic mass is 32.2. The smallest absolute Gasteiger partial charge is 0.333 e.